The van der Waals surface area contributed by atoms with Gasteiger partial charge in [0, 0.05) is 44.3 Å². The van der Waals surface area contributed by atoms with Crippen LogP contribution in [-0.2, 0) is 6.54 Å². The summed E-state index contributed by atoms with van der Waals surface area (Å²) < 4.78 is 13.6. The molecule has 1 heterocycles. The lowest BCUT2D eigenvalue weighted by Crippen LogP contribution is -2.52. The average molecular weight is 341 g/mol. The summed E-state index contributed by atoms with van der Waals surface area (Å²) in [5, 5.41) is 2.81. The molecule has 1 aliphatic rings. The van der Waals surface area contributed by atoms with E-state index in [9.17, 15) is 9.18 Å². The number of nitrogens with zero attached hydrogens (tertiary/aromatic N) is 2. The number of nitrogens with one attached hydrogen (secondary N) is 1. The number of urea groups is 1. The Morgan fingerprint density at radius 3 is 2.36 bits per heavy atom. The molecule has 1 fully saturated rings. The molecule has 4 nitrogen and oxygen atoms in total. The van der Waals surface area contributed by atoms with E-state index in [2.05, 4.69) is 41.4 Å². The first-order valence-electron chi connectivity index (χ1n) is 8.70. The van der Waals surface area contributed by atoms with E-state index in [4.69, 9.17) is 0 Å². The normalized spacial score (nSPS) is 16.5. The van der Waals surface area contributed by atoms with Crippen molar-refractivity contribution in [3.05, 3.63) is 71.5 Å². The van der Waals surface area contributed by atoms with Crippen LogP contribution in [0.1, 0.15) is 24.1 Å². The summed E-state index contributed by atoms with van der Waals surface area (Å²) in [6.45, 7) is 5.45. The van der Waals surface area contributed by atoms with Crippen molar-refractivity contribution in [3.8, 4) is 0 Å². The van der Waals surface area contributed by atoms with Gasteiger partial charge in [0.05, 0.1) is 0 Å². The molecule has 0 aliphatic carbocycles. The highest BCUT2D eigenvalue weighted by Crippen LogP contribution is 2.21. The third kappa shape index (κ3) is 4.37. The Morgan fingerprint density at radius 2 is 1.68 bits per heavy atom. The van der Waals surface area contributed by atoms with E-state index in [-0.39, 0.29) is 18.4 Å². The second kappa shape index (κ2) is 8.12. The topological polar surface area (TPSA) is 35.6 Å². The first-order chi connectivity index (χ1) is 12.1. The Bertz CT molecular complexity index is 699. The van der Waals surface area contributed by atoms with Gasteiger partial charge in [-0.1, -0.05) is 48.5 Å². The van der Waals surface area contributed by atoms with E-state index < -0.39 is 0 Å². The van der Waals surface area contributed by atoms with Crippen molar-refractivity contribution < 1.29 is 9.18 Å². The highest BCUT2D eigenvalue weighted by Gasteiger charge is 2.24. The van der Waals surface area contributed by atoms with Gasteiger partial charge in [-0.3, -0.25) is 4.90 Å². The molecular weight excluding hydrogens is 317 g/mol. The molecule has 0 aromatic heterocycles. The minimum absolute atomic E-state index is 0.129. The maximum atomic E-state index is 13.6. The predicted molar refractivity (Wildman–Crippen MR) is 96.6 cm³/mol. The first kappa shape index (κ1) is 17.4. The Balaban J connectivity index is 1.48. The molecule has 1 saturated heterocycles. The molecule has 2 aromatic carbocycles. The van der Waals surface area contributed by atoms with Crippen LogP contribution in [-0.4, -0.2) is 42.0 Å². The lowest BCUT2D eigenvalue weighted by atomic mass is 10.1. The number of carbonyl (C=O) groups excluding carboxylic acids is 1. The lowest BCUT2D eigenvalue weighted by molar-refractivity contribution is 0.114. The highest BCUT2D eigenvalue weighted by molar-refractivity contribution is 5.74. The summed E-state index contributed by atoms with van der Waals surface area (Å²) in [5.74, 6) is -0.288. The quantitative estimate of drug-likeness (QED) is 0.925. The Morgan fingerprint density at radius 1 is 1.04 bits per heavy atom. The van der Waals surface area contributed by atoms with E-state index in [1.54, 1.807) is 23.1 Å². The van der Waals surface area contributed by atoms with E-state index >= 15 is 0 Å². The number of piperazine rings is 1. The number of benzene rings is 2. The fraction of sp³-hybridized carbons (Fsp3) is 0.350. The third-order valence-electron chi connectivity index (χ3n) is 4.82. The lowest BCUT2D eigenvalue weighted by Gasteiger charge is -2.38. The molecule has 1 aliphatic heterocycles. The summed E-state index contributed by atoms with van der Waals surface area (Å²) in [7, 11) is 0. The van der Waals surface area contributed by atoms with E-state index in [0.717, 1.165) is 13.1 Å². The smallest absolute Gasteiger partial charge is 0.317 e. The molecule has 1 unspecified atom stereocenters. The molecule has 2 amide bonds. The average Bonchev–Trinajstić information content (AvgIpc) is 2.67. The standard InChI is InChI=1S/C20H24FN3O/c1-16(17-7-3-2-4-8-17)23-11-13-24(14-12-23)20(25)22-15-18-9-5-6-10-19(18)21/h2-10,16H,11-15H2,1H3,(H,22,25). The van der Waals surface area contributed by atoms with Crippen molar-refractivity contribution in [2.45, 2.75) is 19.5 Å². The van der Waals surface area contributed by atoms with Crippen LogP contribution in [0, 0.1) is 5.82 Å². The number of carbonyl (C=O) groups is 1. The highest BCUT2D eigenvalue weighted by atomic mass is 19.1. The minimum atomic E-state index is -0.288. The first-order valence-corrected chi connectivity index (χ1v) is 8.70. The van der Waals surface area contributed by atoms with Crippen LogP contribution >= 0.6 is 0 Å². The molecule has 0 spiro atoms. The molecule has 3 rings (SSSR count). The van der Waals surface area contributed by atoms with Gasteiger partial charge in [0.25, 0.3) is 0 Å². The van der Waals surface area contributed by atoms with Gasteiger partial charge in [-0.05, 0) is 18.6 Å². The van der Waals surface area contributed by atoms with Crippen LogP contribution in [0.3, 0.4) is 0 Å². The van der Waals surface area contributed by atoms with Crippen molar-refractivity contribution >= 4 is 6.03 Å². The fourth-order valence-corrected chi connectivity index (χ4v) is 3.18. The fourth-order valence-electron chi connectivity index (χ4n) is 3.18. The third-order valence-corrected chi connectivity index (χ3v) is 4.82. The van der Waals surface area contributed by atoms with Gasteiger partial charge in [-0.2, -0.15) is 0 Å². The van der Waals surface area contributed by atoms with Gasteiger partial charge in [0.15, 0.2) is 0 Å². The van der Waals surface area contributed by atoms with Gasteiger partial charge in [0.2, 0.25) is 0 Å². The van der Waals surface area contributed by atoms with Crippen molar-refractivity contribution in [1.29, 1.82) is 0 Å². The van der Waals surface area contributed by atoms with Crippen LogP contribution in [0.5, 0.6) is 0 Å². The summed E-state index contributed by atoms with van der Waals surface area (Å²) in [6, 6.07) is 17.1. The van der Waals surface area contributed by atoms with E-state index in [0.29, 0.717) is 24.7 Å². The zero-order chi connectivity index (χ0) is 17.6. The van der Waals surface area contributed by atoms with Crippen LogP contribution in [0.4, 0.5) is 9.18 Å². The maximum absolute atomic E-state index is 13.6. The van der Waals surface area contributed by atoms with Crippen molar-refractivity contribution in [3.63, 3.8) is 0 Å². The molecule has 1 N–H and O–H groups in total. The summed E-state index contributed by atoms with van der Waals surface area (Å²) in [5.41, 5.74) is 1.80. The monoisotopic (exact) mass is 341 g/mol. The van der Waals surface area contributed by atoms with E-state index in [1.807, 2.05) is 6.07 Å². The molecule has 132 valence electrons. The number of rotatable bonds is 4. The molecule has 1 atom stereocenters. The molecule has 0 radical (unpaired) electrons. The summed E-state index contributed by atoms with van der Waals surface area (Å²) >= 11 is 0. The van der Waals surface area contributed by atoms with Crippen LogP contribution in [0.2, 0.25) is 0 Å². The second-order valence-corrected chi connectivity index (χ2v) is 6.36. The van der Waals surface area contributed by atoms with Gasteiger partial charge >= 0.3 is 6.03 Å². The molecular formula is C20H24FN3O. The molecule has 0 saturated carbocycles. The number of amides is 2. The van der Waals surface area contributed by atoms with Crippen LogP contribution in [0.25, 0.3) is 0 Å². The van der Waals surface area contributed by atoms with Gasteiger partial charge < -0.3 is 10.2 Å². The van der Waals surface area contributed by atoms with Crippen LogP contribution in [0.15, 0.2) is 54.6 Å². The Labute approximate surface area is 148 Å². The van der Waals surface area contributed by atoms with Crippen molar-refractivity contribution in [2.24, 2.45) is 0 Å². The van der Waals surface area contributed by atoms with Crippen molar-refractivity contribution in [1.82, 2.24) is 15.1 Å². The summed E-state index contributed by atoms with van der Waals surface area (Å²) in [6.07, 6.45) is 0. The van der Waals surface area contributed by atoms with Gasteiger partial charge in [0.1, 0.15) is 5.82 Å². The van der Waals surface area contributed by atoms with Gasteiger partial charge in [-0.15, -0.1) is 0 Å². The Hall–Kier alpha value is -2.40. The minimum Gasteiger partial charge on any atom is -0.334 e. The summed E-state index contributed by atoms with van der Waals surface area (Å²) in [4.78, 5) is 16.5. The largest absolute Gasteiger partial charge is 0.334 e. The second-order valence-electron chi connectivity index (χ2n) is 6.36. The molecule has 2 aromatic rings. The zero-order valence-corrected chi connectivity index (χ0v) is 14.5. The number of halogens is 1. The predicted octanol–water partition coefficient (Wildman–Crippen LogP) is 3.41. The molecule has 0 bridgehead atoms. The number of hydrogen-bond donors (Lipinski definition) is 1. The molecule has 25 heavy (non-hydrogen) atoms. The Kier molecular flexibility index (Phi) is 5.66. The SMILES string of the molecule is CC(c1ccccc1)N1CCN(C(=O)NCc2ccccc2F)CC1. The van der Waals surface area contributed by atoms with E-state index in [1.165, 1.54) is 11.6 Å². The number of hydrogen-bond acceptors (Lipinski definition) is 2. The van der Waals surface area contributed by atoms with Crippen LogP contribution < -0.4 is 5.32 Å². The maximum Gasteiger partial charge on any atom is 0.317 e. The zero-order valence-electron chi connectivity index (χ0n) is 14.5. The molecule has 5 heteroatoms. The van der Waals surface area contributed by atoms with Crippen molar-refractivity contribution in [2.75, 3.05) is 26.2 Å². The van der Waals surface area contributed by atoms with Gasteiger partial charge in [-0.25, -0.2) is 9.18 Å².